The first kappa shape index (κ1) is 10.0. The highest BCUT2D eigenvalue weighted by Gasteiger charge is 2.19. The maximum absolute atomic E-state index is 2.41. The zero-order chi connectivity index (χ0) is 9.64. The van der Waals surface area contributed by atoms with Crippen molar-refractivity contribution in [3.05, 3.63) is 23.8 Å². The van der Waals surface area contributed by atoms with Crippen molar-refractivity contribution in [3.63, 3.8) is 0 Å². The summed E-state index contributed by atoms with van der Waals surface area (Å²) in [5.74, 6) is 0.942. The van der Waals surface area contributed by atoms with Crippen LogP contribution in [-0.4, -0.2) is 0 Å². The second-order valence-corrected chi connectivity index (χ2v) is 4.75. The fraction of sp³-hybridized carbons (Fsp3) is 0.714. The van der Waals surface area contributed by atoms with Crippen molar-refractivity contribution < 1.29 is 0 Å². The van der Waals surface area contributed by atoms with Crippen LogP contribution in [0.2, 0.25) is 0 Å². The quantitative estimate of drug-likeness (QED) is 0.522. The number of allylic oxidation sites excluding steroid dienone is 4. The second-order valence-electron chi connectivity index (χ2n) is 4.75. The third-order valence-electron chi connectivity index (χ3n) is 3.66. The molecule has 0 saturated heterocycles. The Morgan fingerprint density at radius 3 is 2.79 bits per heavy atom. The van der Waals surface area contributed by atoms with E-state index in [0.717, 1.165) is 5.92 Å². The topological polar surface area (TPSA) is 0 Å². The lowest BCUT2D eigenvalue weighted by Gasteiger charge is -2.10. The van der Waals surface area contributed by atoms with E-state index in [1.807, 2.05) is 0 Å². The highest BCUT2D eigenvalue weighted by Crippen LogP contribution is 2.35. The van der Waals surface area contributed by atoms with E-state index >= 15 is 0 Å². The lowest BCUT2D eigenvalue weighted by atomic mass is 9.95. The summed E-state index contributed by atoms with van der Waals surface area (Å²) >= 11 is 0. The SMILES string of the molecule is C1=C\CCCCCCC2CCC/C2=C/1. The van der Waals surface area contributed by atoms with Gasteiger partial charge in [-0.3, -0.25) is 0 Å². The summed E-state index contributed by atoms with van der Waals surface area (Å²) in [6.07, 6.45) is 19.8. The summed E-state index contributed by atoms with van der Waals surface area (Å²) < 4.78 is 0. The molecule has 0 aliphatic heterocycles. The predicted octanol–water partition coefficient (Wildman–Crippen LogP) is 4.62. The highest BCUT2D eigenvalue weighted by atomic mass is 14.2. The molecule has 1 fully saturated rings. The Balaban J connectivity index is 1.99. The number of fused-ring (bicyclic) bond motifs is 1. The molecule has 0 heteroatoms. The maximum atomic E-state index is 2.41. The fourth-order valence-corrected chi connectivity index (χ4v) is 2.79. The summed E-state index contributed by atoms with van der Waals surface area (Å²) in [5, 5.41) is 0. The van der Waals surface area contributed by atoms with Crippen LogP contribution >= 0.6 is 0 Å². The van der Waals surface area contributed by atoms with Gasteiger partial charge in [0.15, 0.2) is 0 Å². The molecule has 0 aromatic rings. The van der Waals surface area contributed by atoms with E-state index in [9.17, 15) is 0 Å². The van der Waals surface area contributed by atoms with Crippen LogP contribution in [0.25, 0.3) is 0 Å². The summed E-state index contributed by atoms with van der Waals surface area (Å²) in [6.45, 7) is 0. The van der Waals surface area contributed by atoms with Crippen molar-refractivity contribution in [2.45, 2.75) is 57.8 Å². The molecule has 78 valence electrons. The minimum absolute atomic E-state index is 0.942. The summed E-state index contributed by atoms with van der Waals surface area (Å²) in [6, 6.07) is 0. The summed E-state index contributed by atoms with van der Waals surface area (Å²) in [4.78, 5) is 0. The normalized spacial score (nSPS) is 35.1. The van der Waals surface area contributed by atoms with E-state index in [0.29, 0.717) is 0 Å². The van der Waals surface area contributed by atoms with Crippen molar-refractivity contribution in [3.8, 4) is 0 Å². The molecule has 1 saturated carbocycles. The molecular formula is C14H22. The molecule has 2 rings (SSSR count). The van der Waals surface area contributed by atoms with Gasteiger partial charge in [-0.2, -0.15) is 0 Å². The summed E-state index contributed by atoms with van der Waals surface area (Å²) in [7, 11) is 0. The molecule has 2 aliphatic carbocycles. The largest absolute Gasteiger partial charge is 0.0845 e. The molecule has 0 amide bonds. The van der Waals surface area contributed by atoms with Gasteiger partial charge >= 0.3 is 0 Å². The lowest BCUT2D eigenvalue weighted by Crippen LogP contribution is -1.96. The van der Waals surface area contributed by atoms with E-state index in [2.05, 4.69) is 18.2 Å². The molecule has 1 unspecified atom stereocenters. The predicted molar refractivity (Wildman–Crippen MR) is 62.3 cm³/mol. The van der Waals surface area contributed by atoms with Crippen molar-refractivity contribution in [2.24, 2.45) is 5.92 Å². The molecule has 0 aromatic heterocycles. The Hall–Kier alpha value is -0.520. The first-order chi connectivity index (χ1) is 6.97. The highest BCUT2D eigenvalue weighted by molar-refractivity contribution is 5.18. The molecule has 2 aliphatic rings. The van der Waals surface area contributed by atoms with Crippen LogP contribution in [0.4, 0.5) is 0 Å². The molecule has 0 heterocycles. The maximum Gasteiger partial charge on any atom is -0.0200 e. The van der Waals surface area contributed by atoms with E-state index in [1.165, 1.54) is 57.8 Å². The molecule has 0 aromatic carbocycles. The van der Waals surface area contributed by atoms with E-state index in [4.69, 9.17) is 0 Å². The Morgan fingerprint density at radius 1 is 0.929 bits per heavy atom. The molecule has 0 nitrogen and oxygen atoms in total. The van der Waals surface area contributed by atoms with Crippen LogP contribution in [0, 0.1) is 5.92 Å². The van der Waals surface area contributed by atoms with Crippen LogP contribution in [0.15, 0.2) is 23.8 Å². The van der Waals surface area contributed by atoms with Gasteiger partial charge in [0.25, 0.3) is 0 Å². The average Bonchev–Trinajstić information content (AvgIpc) is 2.61. The van der Waals surface area contributed by atoms with Gasteiger partial charge in [-0.1, -0.05) is 43.1 Å². The van der Waals surface area contributed by atoms with Gasteiger partial charge in [-0.25, -0.2) is 0 Å². The van der Waals surface area contributed by atoms with Gasteiger partial charge in [0.05, 0.1) is 0 Å². The van der Waals surface area contributed by atoms with E-state index in [-0.39, 0.29) is 0 Å². The smallest absolute Gasteiger partial charge is 0.0200 e. The molecular weight excluding hydrogens is 168 g/mol. The minimum Gasteiger partial charge on any atom is -0.0845 e. The standard InChI is InChI=1S/C14H22/c1-2-4-6-9-13-11-8-12-14(13)10-7-5-3-1/h4,6,9,14H,1-3,5,7-8,10-12H2/b6-4-,13-9-. The van der Waals surface area contributed by atoms with Gasteiger partial charge < -0.3 is 0 Å². The Kier molecular flexibility index (Phi) is 3.85. The third-order valence-corrected chi connectivity index (χ3v) is 3.66. The van der Waals surface area contributed by atoms with Gasteiger partial charge in [-0.15, -0.1) is 0 Å². The van der Waals surface area contributed by atoms with Crippen molar-refractivity contribution in [2.75, 3.05) is 0 Å². The number of hydrogen-bond acceptors (Lipinski definition) is 0. The molecule has 14 heavy (non-hydrogen) atoms. The molecule has 0 bridgehead atoms. The summed E-state index contributed by atoms with van der Waals surface area (Å²) in [5.41, 5.74) is 1.74. The minimum atomic E-state index is 0.942. The average molecular weight is 190 g/mol. The zero-order valence-electron chi connectivity index (χ0n) is 9.17. The van der Waals surface area contributed by atoms with Crippen LogP contribution < -0.4 is 0 Å². The first-order valence-corrected chi connectivity index (χ1v) is 6.32. The van der Waals surface area contributed by atoms with Gasteiger partial charge in [0.1, 0.15) is 0 Å². The number of rotatable bonds is 0. The van der Waals surface area contributed by atoms with Gasteiger partial charge in [0.2, 0.25) is 0 Å². The zero-order valence-corrected chi connectivity index (χ0v) is 9.17. The number of hydrogen-bond donors (Lipinski definition) is 0. The third kappa shape index (κ3) is 2.73. The first-order valence-electron chi connectivity index (χ1n) is 6.32. The van der Waals surface area contributed by atoms with Crippen molar-refractivity contribution >= 4 is 0 Å². The molecule has 1 atom stereocenters. The molecule has 0 N–H and O–H groups in total. The Morgan fingerprint density at radius 2 is 1.79 bits per heavy atom. The fourth-order valence-electron chi connectivity index (χ4n) is 2.79. The van der Waals surface area contributed by atoms with Crippen molar-refractivity contribution in [1.82, 2.24) is 0 Å². The van der Waals surface area contributed by atoms with Gasteiger partial charge in [-0.05, 0) is 44.4 Å². The van der Waals surface area contributed by atoms with E-state index < -0.39 is 0 Å². The monoisotopic (exact) mass is 190 g/mol. The van der Waals surface area contributed by atoms with Gasteiger partial charge in [0, 0.05) is 0 Å². The van der Waals surface area contributed by atoms with E-state index in [1.54, 1.807) is 5.57 Å². The van der Waals surface area contributed by atoms with Crippen LogP contribution in [0.1, 0.15) is 57.8 Å². The lowest BCUT2D eigenvalue weighted by molar-refractivity contribution is 0.516. The van der Waals surface area contributed by atoms with Crippen LogP contribution in [-0.2, 0) is 0 Å². The Labute approximate surface area is 88.1 Å². The second kappa shape index (κ2) is 5.38. The van der Waals surface area contributed by atoms with Crippen molar-refractivity contribution in [1.29, 1.82) is 0 Å². The molecule has 0 spiro atoms. The van der Waals surface area contributed by atoms with Crippen LogP contribution in [0.5, 0.6) is 0 Å². The van der Waals surface area contributed by atoms with Crippen LogP contribution in [0.3, 0.4) is 0 Å². The Bertz CT molecular complexity index is 222. The molecule has 0 radical (unpaired) electrons.